The van der Waals surface area contributed by atoms with E-state index in [2.05, 4.69) is 21.0 Å². The molecule has 4 heterocycles. The van der Waals surface area contributed by atoms with E-state index < -0.39 is 5.97 Å². The monoisotopic (exact) mass is 499 g/mol. The first-order chi connectivity index (χ1) is 17.5. The molecule has 1 aliphatic heterocycles. The van der Waals surface area contributed by atoms with Gasteiger partial charge >= 0.3 is 5.97 Å². The number of ether oxygens (including phenoxy) is 2. The fourth-order valence-electron chi connectivity index (χ4n) is 4.10. The van der Waals surface area contributed by atoms with Gasteiger partial charge in [-0.25, -0.2) is 14.8 Å². The summed E-state index contributed by atoms with van der Waals surface area (Å²) < 4.78 is 11.1. The Morgan fingerprint density at radius 2 is 2.00 bits per heavy atom. The predicted molar refractivity (Wildman–Crippen MR) is 134 cm³/mol. The second-order valence-corrected chi connectivity index (χ2v) is 9.20. The SMILES string of the molecule is COc1ccc(C#N)cc1-c1cc(C)ncc1C(=O)Oc1nc2ccc(N3CCCCC3=O)nc2s1. The predicted octanol–water partition coefficient (Wildman–Crippen LogP) is 4.68. The minimum Gasteiger partial charge on any atom is -0.496 e. The van der Waals surface area contributed by atoms with Gasteiger partial charge in [0.25, 0.3) is 5.19 Å². The van der Waals surface area contributed by atoms with E-state index in [0.29, 0.717) is 57.3 Å². The minimum absolute atomic E-state index is 0.0552. The van der Waals surface area contributed by atoms with Crippen LogP contribution in [0.15, 0.2) is 42.6 Å². The number of esters is 1. The number of rotatable bonds is 5. The van der Waals surface area contributed by atoms with Gasteiger partial charge in [0.2, 0.25) is 5.91 Å². The van der Waals surface area contributed by atoms with Crippen molar-refractivity contribution in [2.24, 2.45) is 0 Å². The average molecular weight is 500 g/mol. The van der Waals surface area contributed by atoms with Gasteiger partial charge in [0.15, 0.2) is 0 Å². The van der Waals surface area contributed by atoms with Crippen molar-refractivity contribution in [3.8, 4) is 28.1 Å². The second-order valence-electron chi connectivity index (χ2n) is 8.26. The largest absolute Gasteiger partial charge is 0.496 e. The van der Waals surface area contributed by atoms with Gasteiger partial charge < -0.3 is 9.47 Å². The maximum atomic E-state index is 13.2. The van der Waals surface area contributed by atoms with Gasteiger partial charge in [-0.15, -0.1) is 0 Å². The fraction of sp³-hybridized carbons (Fsp3) is 0.231. The van der Waals surface area contributed by atoms with Crippen LogP contribution in [0.25, 0.3) is 21.5 Å². The number of methoxy groups -OCH3 is 1. The minimum atomic E-state index is -0.646. The van der Waals surface area contributed by atoms with Crippen molar-refractivity contribution in [1.82, 2.24) is 15.0 Å². The number of nitrogens with zero attached hydrogens (tertiary/aromatic N) is 5. The smallest absolute Gasteiger partial charge is 0.347 e. The molecule has 1 aromatic carbocycles. The Labute approximate surface area is 211 Å². The highest BCUT2D eigenvalue weighted by Gasteiger charge is 2.23. The van der Waals surface area contributed by atoms with Crippen molar-refractivity contribution in [3.63, 3.8) is 0 Å². The maximum absolute atomic E-state index is 13.2. The van der Waals surface area contributed by atoms with Gasteiger partial charge in [0.1, 0.15) is 21.9 Å². The number of amides is 1. The van der Waals surface area contributed by atoms with Gasteiger partial charge in [-0.2, -0.15) is 5.26 Å². The average Bonchev–Trinajstić information content (AvgIpc) is 3.29. The van der Waals surface area contributed by atoms with Crippen molar-refractivity contribution in [1.29, 1.82) is 5.26 Å². The quantitative estimate of drug-likeness (QED) is 0.363. The van der Waals surface area contributed by atoms with Crippen molar-refractivity contribution >= 4 is 39.4 Å². The van der Waals surface area contributed by atoms with E-state index in [0.717, 1.165) is 24.2 Å². The Hall–Kier alpha value is -4.36. The number of hydrogen-bond acceptors (Lipinski definition) is 9. The first-order valence-corrected chi connectivity index (χ1v) is 12.1. The Morgan fingerprint density at radius 3 is 2.78 bits per heavy atom. The van der Waals surface area contributed by atoms with Crippen molar-refractivity contribution in [3.05, 3.63) is 59.4 Å². The molecule has 1 aliphatic rings. The molecule has 0 atom stereocenters. The molecule has 4 aromatic rings. The van der Waals surface area contributed by atoms with Crippen LogP contribution in [0.1, 0.15) is 40.9 Å². The number of fused-ring (bicyclic) bond motifs is 1. The Bertz CT molecular complexity index is 1540. The molecular weight excluding hydrogens is 478 g/mol. The van der Waals surface area contributed by atoms with Crippen LogP contribution in [0.5, 0.6) is 10.9 Å². The molecule has 0 bridgehead atoms. The van der Waals surface area contributed by atoms with Crippen LogP contribution in [0.2, 0.25) is 0 Å². The highest BCUT2D eigenvalue weighted by atomic mass is 32.1. The van der Waals surface area contributed by atoms with Crippen LogP contribution < -0.4 is 14.4 Å². The van der Waals surface area contributed by atoms with Crippen molar-refractivity contribution < 1.29 is 19.1 Å². The zero-order valence-corrected chi connectivity index (χ0v) is 20.5. The van der Waals surface area contributed by atoms with Crippen LogP contribution >= 0.6 is 11.3 Å². The molecular formula is C26H21N5O4S. The third kappa shape index (κ3) is 4.48. The van der Waals surface area contributed by atoms with E-state index in [1.54, 1.807) is 41.3 Å². The number of hydrogen-bond donors (Lipinski definition) is 0. The lowest BCUT2D eigenvalue weighted by atomic mass is 9.98. The third-order valence-electron chi connectivity index (χ3n) is 5.88. The first-order valence-electron chi connectivity index (χ1n) is 11.3. The van der Waals surface area contributed by atoms with Gasteiger partial charge in [0.05, 0.1) is 24.3 Å². The summed E-state index contributed by atoms with van der Waals surface area (Å²) in [5, 5.41) is 9.49. The second kappa shape index (κ2) is 9.71. The van der Waals surface area contributed by atoms with Crippen molar-refractivity contribution in [2.45, 2.75) is 26.2 Å². The van der Waals surface area contributed by atoms with E-state index in [1.165, 1.54) is 13.3 Å². The normalized spacial score (nSPS) is 13.5. The molecule has 36 heavy (non-hydrogen) atoms. The van der Waals surface area contributed by atoms with E-state index in [-0.39, 0.29) is 16.7 Å². The number of anilines is 1. The number of piperidine rings is 1. The standard InChI is InChI=1S/C26H21N5O4S/c1-15-11-17(18-12-16(13-27)6-8-21(18)34-2)19(14-28-15)25(33)35-26-29-20-7-9-22(30-24(20)36-26)31-10-4-3-5-23(31)32/h6-9,11-12,14H,3-5,10H2,1-2H3. The van der Waals surface area contributed by atoms with E-state index in [4.69, 9.17) is 9.47 Å². The Balaban J connectivity index is 1.47. The number of aryl methyl sites for hydroxylation is 1. The van der Waals surface area contributed by atoms with Gasteiger partial charge in [-0.1, -0.05) is 11.3 Å². The number of pyridine rings is 2. The van der Waals surface area contributed by atoms with E-state index >= 15 is 0 Å². The zero-order chi connectivity index (χ0) is 25.2. The lowest BCUT2D eigenvalue weighted by Gasteiger charge is -2.25. The van der Waals surface area contributed by atoms with E-state index in [9.17, 15) is 14.9 Å². The molecule has 0 radical (unpaired) electrons. The third-order valence-corrected chi connectivity index (χ3v) is 6.72. The molecule has 1 amide bonds. The molecule has 0 aliphatic carbocycles. The summed E-state index contributed by atoms with van der Waals surface area (Å²) in [6.07, 6.45) is 3.78. The van der Waals surface area contributed by atoms with Crippen LogP contribution in [-0.4, -0.2) is 40.5 Å². The number of carbonyl (C=O) groups excluding carboxylic acids is 2. The molecule has 0 unspecified atom stereocenters. The van der Waals surface area contributed by atoms with Crippen LogP contribution in [0.3, 0.4) is 0 Å². The maximum Gasteiger partial charge on any atom is 0.347 e. The molecule has 0 saturated carbocycles. The van der Waals surface area contributed by atoms with Gasteiger partial charge in [0, 0.05) is 36.0 Å². The zero-order valence-electron chi connectivity index (χ0n) is 19.6. The molecule has 1 saturated heterocycles. The number of carbonyl (C=O) groups is 2. The van der Waals surface area contributed by atoms with Crippen molar-refractivity contribution in [2.75, 3.05) is 18.6 Å². The summed E-state index contributed by atoms with van der Waals surface area (Å²) in [6.45, 7) is 2.45. The number of aromatic nitrogens is 3. The molecule has 3 aromatic heterocycles. The van der Waals surface area contributed by atoms with Crippen LogP contribution in [0, 0.1) is 18.3 Å². The lowest BCUT2D eigenvalue weighted by Crippen LogP contribution is -2.35. The summed E-state index contributed by atoms with van der Waals surface area (Å²) in [7, 11) is 1.52. The Morgan fingerprint density at radius 1 is 1.14 bits per heavy atom. The highest BCUT2D eigenvalue weighted by molar-refractivity contribution is 7.19. The molecule has 0 spiro atoms. The van der Waals surface area contributed by atoms with Crippen LogP contribution in [-0.2, 0) is 4.79 Å². The summed E-state index contributed by atoms with van der Waals surface area (Å²) in [4.78, 5) is 41.0. The first kappa shape index (κ1) is 23.4. The van der Waals surface area contributed by atoms with Gasteiger partial charge in [-0.3, -0.25) is 14.7 Å². The molecule has 5 rings (SSSR count). The number of thiazole rings is 1. The van der Waals surface area contributed by atoms with Crippen LogP contribution in [0.4, 0.5) is 5.82 Å². The summed E-state index contributed by atoms with van der Waals surface area (Å²) in [6, 6.07) is 12.4. The lowest BCUT2D eigenvalue weighted by molar-refractivity contribution is -0.119. The summed E-state index contributed by atoms with van der Waals surface area (Å²) >= 11 is 1.13. The molecule has 9 nitrogen and oxygen atoms in total. The molecule has 180 valence electrons. The number of nitriles is 1. The Kier molecular flexibility index (Phi) is 6.31. The summed E-state index contributed by atoms with van der Waals surface area (Å²) in [5.74, 6) is 0.493. The topological polar surface area (TPSA) is 118 Å². The number of benzene rings is 1. The van der Waals surface area contributed by atoms with Gasteiger partial charge in [-0.05, 0) is 56.2 Å². The summed E-state index contributed by atoms with van der Waals surface area (Å²) in [5.41, 5.74) is 3.01. The molecule has 1 fully saturated rings. The molecule has 0 N–H and O–H groups in total. The fourth-order valence-corrected chi connectivity index (χ4v) is 4.88. The highest BCUT2D eigenvalue weighted by Crippen LogP contribution is 2.35. The molecule has 10 heteroatoms. The van der Waals surface area contributed by atoms with E-state index in [1.807, 2.05) is 6.92 Å².